The predicted octanol–water partition coefficient (Wildman–Crippen LogP) is 2.52. The van der Waals surface area contributed by atoms with Crippen LogP contribution in [-0.2, 0) is 19.6 Å². The number of piperidine rings is 1. The molecule has 2 fully saturated rings. The van der Waals surface area contributed by atoms with Gasteiger partial charge in [0.15, 0.2) is 0 Å². The lowest BCUT2D eigenvalue weighted by Gasteiger charge is -2.43. The number of pyridine rings is 1. The number of nitrogens with zero attached hydrogens (tertiary/aromatic N) is 4. The van der Waals surface area contributed by atoms with Crippen LogP contribution < -0.4 is 5.56 Å². The molecule has 0 spiro atoms. The molecule has 138 valence electrons. The van der Waals surface area contributed by atoms with Crippen LogP contribution in [0.25, 0.3) is 0 Å². The molecule has 2 saturated heterocycles. The van der Waals surface area contributed by atoms with E-state index in [-0.39, 0.29) is 5.56 Å². The topological polar surface area (TPSA) is 41.4 Å². The zero-order valence-corrected chi connectivity index (χ0v) is 16.0. The number of likely N-dealkylation sites (tertiary alicyclic amines) is 2. The van der Waals surface area contributed by atoms with Crippen LogP contribution in [0.5, 0.6) is 0 Å². The molecule has 2 bridgehead atoms. The molecule has 0 unspecified atom stereocenters. The van der Waals surface area contributed by atoms with Crippen LogP contribution >= 0.6 is 11.5 Å². The zero-order valence-electron chi connectivity index (χ0n) is 15.1. The molecule has 0 aliphatic carbocycles. The lowest BCUT2D eigenvalue weighted by atomic mass is 9.83. The largest absolute Gasteiger partial charge is 0.312 e. The number of hydrogen-bond acceptors (Lipinski definition) is 5. The van der Waals surface area contributed by atoms with Gasteiger partial charge in [-0.2, -0.15) is 0 Å². The van der Waals surface area contributed by atoms with E-state index in [1.165, 1.54) is 42.1 Å². The zero-order chi connectivity index (χ0) is 17.5. The summed E-state index contributed by atoms with van der Waals surface area (Å²) in [7, 11) is 0. The smallest absolute Gasteiger partial charge is 0.255 e. The monoisotopic (exact) mass is 370 g/mol. The van der Waals surface area contributed by atoms with Crippen LogP contribution in [0.2, 0.25) is 0 Å². The highest BCUT2D eigenvalue weighted by atomic mass is 32.1. The summed E-state index contributed by atoms with van der Waals surface area (Å²) in [5.41, 5.74) is 3.81. The molecule has 6 heteroatoms. The maximum Gasteiger partial charge on any atom is 0.255 e. The highest BCUT2D eigenvalue weighted by molar-refractivity contribution is 7.03. The molecule has 0 aromatic carbocycles. The Bertz CT molecular complexity index is 825. The molecule has 0 N–H and O–H groups in total. The standard InChI is InChI=1S/C20H26N4OS/c25-20-17(12-22-5-1-2-6-22)3-4-19-18-7-15(11-24(19)20)9-23(13-18)10-16-8-21-26-14-16/h3-4,8,14-15,18H,1-2,5-7,9-13H2/t15-,18+/m0/s1. The molecule has 5 heterocycles. The summed E-state index contributed by atoms with van der Waals surface area (Å²) in [6.45, 7) is 7.12. The molecular formula is C20H26N4OS. The van der Waals surface area contributed by atoms with Gasteiger partial charge in [0.05, 0.1) is 0 Å². The Hall–Kier alpha value is -1.50. The molecule has 2 aromatic rings. The van der Waals surface area contributed by atoms with E-state index >= 15 is 0 Å². The molecule has 2 atom stereocenters. The molecular weight excluding hydrogens is 344 g/mol. The maximum atomic E-state index is 13.1. The summed E-state index contributed by atoms with van der Waals surface area (Å²) >= 11 is 1.53. The number of hydrogen-bond donors (Lipinski definition) is 0. The van der Waals surface area contributed by atoms with Crippen molar-refractivity contribution in [1.82, 2.24) is 18.7 Å². The lowest BCUT2D eigenvalue weighted by Crippen LogP contribution is -2.47. The average Bonchev–Trinajstić information content (AvgIpc) is 3.32. The van der Waals surface area contributed by atoms with E-state index in [1.54, 1.807) is 0 Å². The van der Waals surface area contributed by atoms with Crippen molar-refractivity contribution in [2.75, 3.05) is 26.2 Å². The Kier molecular flexibility index (Phi) is 4.43. The quantitative estimate of drug-likeness (QED) is 0.829. The van der Waals surface area contributed by atoms with Crippen molar-refractivity contribution >= 4 is 11.5 Å². The van der Waals surface area contributed by atoms with Gasteiger partial charge in [0.25, 0.3) is 5.56 Å². The fourth-order valence-electron chi connectivity index (χ4n) is 5.08. The van der Waals surface area contributed by atoms with Crippen LogP contribution in [-0.4, -0.2) is 44.9 Å². The molecule has 0 saturated carbocycles. The van der Waals surface area contributed by atoms with Crippen molar-refractivity contribution in [1.29, 1.82) is 0 Å². The molecule has 0 amide bonds. The van der Waals surface area contributed by atoms with Gasteiger partial charge in [-0.1, -0.05) is 6.07 Å². The first-order valence-corrected chi connectivity index (χ1v) is 10.7. The fourth-order valence-corrected chi connectivity index (χ4v) is 5.61. The molecule has 3 aliphatic rings. The summed E-state index contributed by atoms with van der Waals surface area (Å²) in [6.07, 6.45) is 5.75. The van der Waals surface area contributed by atoms with Gasteiger partial charge in [-0.3, -0.25) is 14.6 Å². The van der Waals surface area contributed by atoms with Gasteiger partial charge in [0.1, 0.15) is 0 Å². The Morgan fingerprint density at radius 1 is 1.08 bits per heavy atom. The summed E-state index contributed by atoms with van der Waals surface area (Å²) in [6, 6.07) is 4.35. The van der Waals surface area contributed by atoms with Crippen molar-refractivity contribution in [3.05, 3.63) is 50.9 Å². The van der Waals surface area contributed by atoms with E-state index in [4.69, 9.17) is 0 Å². The minimum atomic E-state index is 0.264. The summed E-state index contributed by atoms with van der Waals surface area (Å²) in [4.78, 5) is 18.1. The van der Waals surface area contributed by atoms with Crippen molar-refractivity contribution < 1.29 is 0 Å². The number of aromatic nitrogens is 2. The first-order chi connectivity index (χ1) is 12.8. The molecule has 26 heavy (non-hydrogen) atoms. The fraction of sp³-hybridized carbons (Fsp3) is 0.600. The van der Waals surface area contributed by atoms with Crippen LogP contribution in [0.4, 0.5) is 0 Å². The Balaban J connectivity index is 1.37. The third-order valence-electron chi connectivity index (χ3n) is 6.24. The van der Waals surface area contributed by atoms with E-state index in [0.717, 1.165) is 51.4 Å². The van der Waals surface area contributed by atoms with Crippen LogP contribution in [0.3, 0.4) is 0 Å². The Labute approximate surface area is 158 Å². The van der Waals surface area contributed by atoms with Crippen molar-refractivity contribution in [2.24, 2.45) is 5.92 Å². The van der Waals surface area contributed by atoms with Gasteiger partial charge in [-0.25, -0.2) is 4.37 Å². The molecule has 5 rings (SSSR count). The average molecular weight is 371 g/mol. The number of fused-ring (bicyclic) bond motifs is 4. The minimum absolute atomic E-state index is 0.264. The van der Waals surface area contributed by atoms with Crippen molar-refractivity contribution in [2.45, 2.75) is 44.8 Å². The third kappa shape index (κ3) is 3.15. The van der Waals surface area contributed by atoms with Crippen LogP contribution in [0.1, 0.15) is 42.0 Å². The van der Waals surface area contributed by atoms with Crippen LogP contribution in [0.15, 0.2) is 28.5 Å². The Morgan fingerprint density at radius 2 is 1.96 bits per heavy atom. The summed E-state index contributed by atoms with van der Waals surface area (Å²) < 4.78 is 6.33. The second-order valence-corrected chi connectivity index (χ2v) is 8.87. The van der Waals surface area contributed by atoms with Crippen molar-refractivity contribution in [3.8, 4) is 0 Å². The molecule has 0 radical (unpaired) electrons. The summed E-state index contributed by atoms with van der Waals surface area (Å²) in [5.74, 6) is 1.08. The van der Waals surface area contributed by atoms with E-state index in [2.05, 4.69) is 36.3 Å². The Morgan fingerprint density at radius 3 is 2.77 bits per heavy atom. The molecule has 2 aromatic heterocycles. The van der Waals surface area contributed by atoms with Gasteiger partial charge in [0.2, 0.25) is 0 Å². The highest BCUT2D eigenvalue weighted by Crippen LogP contribution is 2.35. The van der Waals surface area contributed by atoms with E-state index < -0.39 is 0 Å². The van der Waals surface area contributed by atoms with E-state index in [0.29, 0.717) is 11.8 Å². The van der Waals surface area contributed by atoms with Gasteiger partial charge in [-0.05, 0) is 61.4 Å². The van der Waals surface area contributed by atoms with Crippen molar-refractivity contribution in [3.63, 3.8) is 0 Å². The first kappa shape index (κ1) is 16.7. The second kappa shape index (κ2) is 6.91. The van der Waals surface area contributed by atoms with Gasteiger partial charge >= 0.3 is 0 Å². The normalized spacial score (nSPS) is 26.2. The van der Waals surface area contributed by atoms with Gasteiger partial charge < -0.3 is 4.57 Å². The van der Waals surface area contributed by atoms with Gasteiger partial charge in [-0.15, -0.1) is 0 Å². The van der Waals surface area contributed by atoms with E-state index in [9.17, 15) is 4.79 Å². The first-order valence-electron chi connectivity index (χ1n) is 9.82. The predicted molar refractivity (Wildman–Crippen MR) is 103 cm³/mol. The molecule has 3 aliphatic heterocycles. The number of rotatable bonds is 4. The van der Waals surface area contributed by atoms with Crippen LogP contribution in [0, 0.1) is 5.92 Å². The summed E-state index contributed by atoms with van der Waals surface area (Å²) in [5, 5.41) is 2.15. The second-order valence-electron chi connectivity index (χ2n) is 8.21. The van der Waals surface area contributed by atoms with Gasteiger partial charge in [0, 0.05) is 61.5 Å². The molecule has 5 nitrogen and oxygen atoms in total. The lowest BCUT2D eigenvalue weighted by molar-refractivity contribution is 0.114. The SMILES string of the molecule is O=c1c(CN2CCCC2)ccc2n1C[C@H]1C[C@@H]2CN(Cc2cnsc2)C1. The van der Waals surface area contributed by atoms with E-state index in [1.807, 2.05) is 6.20 Å². The highest BCUT2D eigenvalue weighted by Gasteiger charge is 2.35. The maximum absolute atomic E-state index is 13.1. The minimum Gasteiger partial charge on any atom is -0.312 e. The third-order valence-corrected chi connectivity index (χ3v) is 6.88.